The highest BCUT2D eigenvalue weighted by molar-refractivity contribution is 5.84. The molecule has 0 spiro atoms. The number of nitrogens with zero attached hydrogens (tertiary/aromatic N) is 1. The Morgan fingerprint density at radius 2 is 1.69 bits per heavy atom. The van der Waals surface area contributed by atoms with Gasteiger partial charge in [0.1, 0.15) is 5.78 Å². The van der Waals surface area contributed by atoms with Gasteiger partial charge >= 0.3 is 0 Å². The summed E-state index contributed by atoms with van der Waals surface area (Å²) in [5.74, 6) is 6.46. The molecule has 164 valence electrons. The summed E-state index contributed by atoms with van der Waals surface area (Å²) in [4.78, 5) is 15.7. The van der Waals surface area contributed by atoms with Crippen LogP contribution in [-0.2, 0) is 4.79 Å². The SMILES string of the molecule is CC1CCC2C(CC[C@@H]3C2CCC2(C)C(C(=O)CN4CCC(O)CC4)CCC32)C1. The van der Waals surface area contributed by atoms with E-state index in [0.29, 0.717) is 18.2 Å². The Bertz CT molecular complexity index is 612. The largest absolute Gasteiger partial charge is 0.393 e. The van der Waals surface area contributed by atoms with E-state index >= 15 is 0 Å². The zero-order valence-electron chi connectivity index (χ0n) is 18.8. The van der Waals surface area contributed by atoms with E-state index in [1.807, 2.05) is 0 Å². The summed E-state index contributed by atoms with van der Waals surface area (Å²) in [6.07, 6.45) is 14.0. The first-order valence-corrected chi connectivity index (χ1v) is 12.9. The van der Waals surface area contributed by atoms with E-state index in [-0.39, 0.29) is 11.5 Å². The monoisotopic (exact) mass is 401 g/mol. The molecule has 0 aromatic heterocycles. The van der Waals surface area contributed by atoms with Crippen LogP contribution in [0, 0.1) is 46.8 Å². The zero-order valence-corrected chi connectivity index (χ0v) is 18.8. The first-order valence-electron chi connectivity index (χ1n) is 12.9. The molecule has 0 radical (unpaired) electrons. The molecule has 3 nitrogen and oxygen atoms in total. The van der Waals surface area contributed by atoms with Gasteiger partial charge < -0.3 is 5.11 Å². The molecule has 1 heterocycles. The normalized spacial score (nSPS) is 48.6. The average Bonchev–Trinajstić information content (AvgIpc) is 3.06. The first-order chi connectivity index (χ1) is 14.0. The van der Waals surface area contributed by atoms with Gasteiger partial charge in [0.2, 0.25) is 0 Å². The number of ketones is 1. The fourth-order valence-corrected chi connectivity index (χ4v) is 9.02. The maximum Gasteiger partial charge on any atom is 0.150 e. The third-order valence-corrected chi connectivity index (χ3v) is 10.5. The molecular weight excluding hydrogens is 358 g/mol. The predicted octanol–water partition coefficient (Wildman–Crippen LogP) is 4.92. The van der Waals surface area contributed by atoms with Gasteiger partial charge in [-0.1, -0.05) is 20.3 Å². The summed E-state index contributed by atoms with van der Waals surface area (Å²) >= 11 is 0. The second-order valence-electron chi connectivity index (χ2n) is 12.0. The first kappa shape index (κ1) is 20.5. The van der Waals surface area contributed by atoms with Crippen LogP contribution in [0.3, 0.4) is 0 Å². The molecule has 29 heavy (non-hydrogen) atoms. The lowest BCUT2D eigenvalue weighted by molar-refractivity contribution is -0.132. The highest BCUT2D eigenvalue weighted by Crippen LogP contribution is 2.64. The molecule has 5 fully saturated rings. The smallest absolute Gasteiger partial charge is 0.150 e. The van der Waals surface area contributed by atoms with Crippen LogP contribution in [-0.4, -0.2) is 41.5 Å². The lowest BCUT2D eigenvalue weighted by atomic mass is 9.49. The van der Waals surface area contributed by atoms with E-state index in [1.165, 1.54) is 51.4 Å². The van der Waals surface area contributed by atoms with Crippen LogP contribution in [0.5, 0.6) is 0 Å². The summed E-state index contributed by atoms with van der Waals surface area (Å²) in [5, 5.41) is 9.76. The fraction of sp³-hybridized carbons (Fsp3) is 0.962. The molecule has 5 rings (SSSR count). The second-order valence-corrected chi connectivity index (χ2v) is 12.0. The number of carbonyl (C=O) groups excluding carboxylic acids is 1. The third-order valence-electron chi connectivity index (χ3n) is 10.5. The highest BCUT2D eigenvalue weighted by Gasteiger charge is 2.58. The van der Waals surface area contributed by atoms with Crippen molar-refractivity contribution in [3.8, 4) is 0 Å². The fourth-order valence-electron chi connectivity index (χ4n) is 9.02. The number of rotatable bonds is 3. The van der Waals surface area contributed by atoms with Gasteiger partial charge in [-0.15, -0.1) is 0 Å². The number of piperidine rings is 1. The van der Waals surface area contributed by atoms with Crippen molar-refractivity contribution >= 4 is 5.78 Å². The minimum Gasteiger partial charge on any atom is -0.393 e. The Morgan fingerprint density at radius 1 is 0.931 bits per heavy atom. The van der Waals surface area contributed by atoms with Gasteiger partial charge in [0.05, 0.1) is 12.6 Å². The van der Waals surface area contributed by atoms with Gasteiger partial charge in [-0.3, -0.25) is 9.69 Å². The summed E-state index contributed by atoms with van der Waals surface area (Å²) < 4.78 is 0. The maximum atomic E-state index is 13.4. The summed E-state index contributed by atoms with van der Waals surface area (Å²) in [7, 11) is 0. The summed E-state index contributed by atoms with van der Waals surface area (Å²) in [6.45, 7) is 7.39. The van der Waals surface area contributed by atoms with Crippen molar-refractivity contribution in [2.45, 2.75) is 90.6 Å². The number of hydrogen-bond donors (Lipinski definition) is 1. The van der Waals surface area contributed by atoms with Gasteiger partial charge in [-0.05, 0) is 105 Å². The number of likely N-dealkylation sites (tertiary alicyclic amines) is 1. The second kappa shape index (κ2) is 7.93. The predicted molar refractivity (Wildman–Crippen MR) is 116 cm³/mol. The molecule has 0 aromatic carbocycles. The molecule has 0 aromatic rings. The molecule has 1 N–H and O–H groups in total. The average molecular weight is 402 g/mol. The molecular formula is C26H43NO2. The van der Waals surface area contributed by atoms with Crippen molar-refractivity contribution in [1.82, 2.24) is 4.90 Å². The minimum absolute atomic E-state index is 0.150. The lowest BCUT2D eigenvalue weighted by Gasteiger charge is -2.56. The molecule has 4 saturated carbocycles. The Balaban J connectivity index is 1.26. The molecule has 1 aliphatic heterocycles. The van der Waals surface area contributed by atoms with Gasteiger partial charge in [0, 0.05) is 19.0 Å². The molecule has 0 amide bonds. The molecule has 1 saturated heterocycles. The van der Waals surface area contributed by atoms with E-state index in [9.17, 15) is 9.90 Å². The molecule has 5 aliphatic rings. The van der Waals surface area contributed by atoms with Crippen molar-refractivity contribution in [2.24, 2.45) is 46.8 Å². The van der Waals surface area contributed by atoms with Gasteiger partial charge in [0.25, 0.3) is 0 Å². The van der Waals surface area contributed by atoms with Crippen LogP contribution < -0.4 is 0 Å². The Kier molecular flexibility index (Phi) is 5.60. The van der Waals surface area contributed by atoms with E-state index in [4.69, 9.17) is 0 Å². The molecule has 0 bridgehead atoms. The summed E-state index contributed by atoms with van der Waals surface area (Å²) in [5.41, 5.74) is 0.266. The van der Waals surface area contributed by atoms with E-state index in [1.54, 1.807) is 0 Å². The van der Waals surface area contributed by atoms with E-state index in [2.05, 4.69) is 18.7 Å². The maximum absolute atomic E-state index is 13.4. The van der Waals surface area contributed by atoms with Crippen molar-refractivity contribution in [3.63, 3.8) is 0 Å². The zero-order chi connectivity index (χ0) is 20.2. The Hall–Kier alpha value is -0.410. The topological polar surface area (TPSA) is 40.5 Å². The van der Waals surface area contributed by atoms with Gasteiger partial charge in [-0.2, -0.15) is 0 Å². The highest BCUT2D eigenvalue weighted by atomic mass is 16.3. The Labute approximate surface area is 178 Å². The minimum atomic E-state index is -0.150. The van der Waals surface area contributed by atoms with Crippen LogP contribution >= 0.6 is 0 Å². The molecule has 3 heteroatoms. The lowest BCUT2D eigenvalue weighted by Crippen LogP contribution is -2.50. The quantitative estimate of drug-likeness (QED) is 0.730. The van der Waals surface area contributed by atoms with E-state index < -0.39 is 0 Å². The van der Waals surface area contributed by atoms with Crippen LogP contribution in [0.25, 0.3) is 0 Å². The number of hydrogen-bond acceptors (Lipinski definition) is 3. The number of carbonyl (C=O) groups is 1. The van der Waals surface area contributed by atoms with Crippen molar-refractivity contribution in [1.29, 1.82) is 0 Å². The number of fused-ring (bicyclic) bond motifs is 5. The van der Waals surface area contributed by atoms with Crippen LogP contribution in [0.2, 0.25) is 0 Å². The van der Waals surface area contributed by atoms with Crippen molar-refractivity contribution in [2.75, 3.05) is 19.6 Å². The Morgan fingerprint density at radius 3 is 2.48 bits per heavy atom. The number of aliphatic hydroxyl groups is 1. The molecule has 8 atom stereocenters. The molecule has 4 aliphatic carbocycles. The third kappa shape index (κ3) is 3.63. The number of aliphatic hydroxyl groups excluding tert-OH is 1. The van der Waals surface area contributed by atoms with Crippen molar-refractivity contribution in [3.05, 3.63) is 0 Å². The van der Waals surface area contributed by atoms with Gasteiger partial charge in [-0.25, -0.2) is 0 Å². The van der Waals surface area contributed by atoms with Gasteiger partial charge in [0.15, 0.2) is 0 Å². The molecule has 7 unspecified atom stereocenters. The van der Waals surface area contributed by atoms with E-state index in [0.717, 1.165) is 67.9 Å². The van der Waals surface area contributed by atoms with Crippen LogP contribution in [0.15, 0.2) is 0 Å². The van der Waals surface area contributed by atoms with Crippen LogP contribution in [0.1, 0.15) is 84.5 Å². The summed E-state index contributed by atoms with van der Waals surface area (Å²) in [6, 6.07) is 0. The standard InChI is InChI=1S/C26H43NO2/c1-17-3-5-20-18(15-17)4-6-22-21(20)9-12-26(2)23(22)7-8-24(26)25(29)16-27-13-10-19(28)11-14-27/h17-24,28H,3-16H2,1-2H3/t17?,18?,20?,21?,22-,23?,24?,26?/m1/s1. The number of Topliss-reactive ketones (excluding diaryl/α,β-unsaturated/α-hetero) is 1. The van der Waals surface area contributed by atoms with Crippen LogP contribution in [0.4, 0.5) is 0 Å². The van der Waals surface area contributed by atoms with Crippen molar-refractivity contribution < 1.29 is 9.90 Å².